The highest BCUT2D eigenvalue weighted by molar-refractivity contribution is 5.99. The number of benzene rings is 1. The van der Waals surface area contributed by atoms with Gasteiger partial charge in [0, 0.05) is 30.0 Å². The van der Waals surface area contributed by atoms with Gasteiger partial charge in [0.05, 0.1) is 35.1 Å². The molecule has 1 amide bonds. The number of hydrogen-bond acceptors (Lipinski definition) is 7. The Kier molecular flexibility index (Phi) is 6.60. The Labute approximate surface area is 250 Å². The van der Waals surface area contributed by atoms with E-state index in [1.165, 1.54) is 0 Å². The second-order valence-electron chi connectivity index (χ2n) is 13.4. The van der Waals surface area contributed by atoms with Crippen LogP contribution in [-0.4, -0.2) is 44.2 Å². The highest BCUT2D eigenvalue weighted by Crippen LogP contribution is 2.69. The molecule has 7 rings (SSSR count). The van der Waals surface area contributed by atoms with E-state index in [-0.39, 0.29) is 34.9 Å². The fourth-order valence-corrected chi connectivity index (χ4v) is 7.86. The normalized spacial score (nSPS) is 28.0. The molecule has 0 spiro atoms. The molecule has 3 saturated carbocycles. The van der Waals surface area contributed by atoms with E-state index >= 15 is 0 Å². The van der Waals surface area contributed by atoms with Gasteiger partial charge >= 0.3 is 5.97 Å². The molecule has 3 aromatic rings. The van der Waals surface area contributed by atoms with E-state index in [0.717, 1.165) is 74.6 Å². The number of anilines is 2. The third kappa shape index (κ3) is 4.43. The zero-order valence-corrected chi connectivity index (χ0v) is 24.8. The van der Waals surface area contributed by atoms with Crippen LogP contribution in [0.4, 0.5) is 11.5 Å². The van der Waals surface area contributed by atoms with Gasteiger partial charge in [0.2, 0.25) is 0 Å². The number of rotatable bonds is 7. The Morgan fingerprint density at radius 2 is 1.98 bits per heavy atom. The smallest absolute Gasteiger partial charge is 0.308 e. The van der Waals surface area contributed by atoms with E-state index in [2.05, 4.69) is 16.4 Å². The van der Waals surface area contributed by atoms with Crippen molar-refractivity contribution in [1.82, 2.24) is 19.7 Å². The van der Waals surface area contributed by atoms with Crippen molar-refractivity contribution in [2.45, 2.75) is 89.8 Å². The molecule has 2 unspecified atom stereocenters. The van der Waals surface area contributed by atoms with Crippen LogP contribution < -0.4 is 10.9 Å². The quantitative estimate of drug-likeness (QED) is 0.358. The number of nitrogens with one attached hydrogen (secondary N) is 2. The predicted molar refractivity (Wildman–Crippen MR) is 161 cm³/mol. The number of hydrogen-bond donors (Lipinski definition) is 2. The van der Waals surface area contributed by atoms with Crippen LogP contribution in [0.2, 0.25) is 0 Å². The number of carbonyl (C=O) groups excluding carboxylic acids is 2. The molecule has 3 aliphatic carbocycles. The van der Waals surface area contributed by atoms with Crippen LogP contribution in [-0.2, 0) is 21.6 Å². The minimum atomic E-state index is -0.422. The van der Waals surface area contributed by atoms with Gasteiger partial charge in [0.1, 0.15) is 5.39 Å². The average Bonchev–Trinajstić information content (AvgIpc) is 3.41. The summed E-state index contributed by atoms with van der Waals surface area (Å²) in [6, 6.07) is 10.2. The molecule has 0 bridgehead atoms. The molecule has 2 atom stereocenters. The molecule has 3 fully saturated rings. The van der Waals surface area contributed by atoms with Gasteiger partial charge in [-0.15, -0.1) is 0 Å². The average molecular weight is 583 g/mol. The maximum absolute atomic E-state index is 13.4. The summed E-state index contributed by atoms with van der Waals surface area (Å²) in [5.41, 5.74) is 2.08. The maximum Gasteiger partial charge on any atom is 0.308 e. The monoisotopic (exact) mass is 582 g/mol. The number of esters is 1. The van der Waals surface area contributed by atoms with Gasteiger partial charge in [-0.3, -0.25) is 19.1 Å². The van der Waals surface area contributed by atoms with Crippen molar-refractivity contribution in [2.75, 3.05) is 11.9 Å². The number of carbonyl (C=O) groups is 2. The molecule has 224 valence electrons. The largest absolute Gasteiger partial charge is 0.465 e. The molecule has 1 aromatic carbocycles. The van der Waals surface area contributed by atoms with Gasteiger partial charge in [-0.1, -0.05) is 26.7 Å². The zero-order chi connectivity index (χ0) is 29.9. The Morgan fingerprint density at radius 1 is 1.19 bits per heavy atom. The van der Waals surface area contributed by atoms with Crippen molar-refractivity contribution in [1.29, 1.82) is 5.26 Å². The Hall–Kier alpha value is -4.13. The first kappa shape index (κ1) is 27.7. The van der Waals surface area contributed by atoms with E-state index in [1.54, 1.807) is 6.20 Å². The van der Waals surface area contributed by atoms with Crippen LogP contribution in [0.3, 0.4) is 0 Å². The highest BCUT2D eigenvalue weighted by atomic mass is 16.5. The number of fused-ring (bicyclic) bond motifs is 3. The number of pyridine rings is 1. The zero-order valence-electron chi connectivity index (χ0n) is 24.8. The highest BCUT2D eigenvalue weighted by Gasteiger charge is 2.71. The van der Waals surface area contributed by atoms with Gasteiger partial charge in [-0.05, 0) is 80.7 Å². The van der Waals surface area contributed by atoms with Crippen molar-refractivity contribution in [3.05, 3.63) is 51.9 Å². The van der Waals surface area contributed by atoms with Crippen LogP contribution in [0.1, 0.15) is 87.6 Å². The van der Waals surface area contributed by atoms with Crippen molar-refractivity contribution in [3.8, 4) is 6.07 Å². The molecule has 4 aliphatic rings. The molecular formula is C33H38N6O4. The van der Waals surface area contributed by atoms with Crippen molar-refractivity contribution in [2.24, 2.45) is 17.3 Å². The third-order valence-corrected chi connectivity index (χ3v) is 10.3. The predicted octanol–water partition coefficient (Wildman–Crippen LogP) is 5.36. The molecule has 10 heteroatoms. The van der Waals surface area contributed by atoms with Gasteiger partial charge in [0.25, 0.3) is 11.5 Å². The summed E-state index contributed by atoms with van der Waals surface area (Å²) in [4.78, 5) is 43.6. The summed E-state index contributed by atoms with van der Waals surface area (Å²) in [7, 11) is 0. The van der Waals surface area contributed by atoms with Crippen molar-refractivity contribution in [3.63, 3.8) is 0 Å². The minimum absolute atomic E-state index is 0.0246. The maximum atomic E-state index is 13.4. The fraction of sp³-hybridized carbons (Fsp3) is 0.545. The lowest BCUT2D eigenvalue weighted by Crippen LogP contribution is -2.39. The first-order valence-corrected chi connectivity index (χ1v) is 15.6. The molecule has 10 nitrogen and oxygen atoms in total. The molecule has 3 heterocycles. The minimum Gasteiger partial charge on any atom is -0.465 e. The molecular weight excluding hydrogens is 544 g/mol. The van der Waals surface area contributed by atoms with Gasteiger partial charge in [-0.25, -0.2) is 0 Å². The summed E-state index contributed by atoms with van der Waals surface area (Å²) < 4.78 is 7.40. The summed E-state index contributed by atoms with van der Waals surface area (Å²) in [5.74, 6) is 0.589. The summed E-state index contributed by atoms with van der Waals surface area (Å²) in [5, 5.41) is 18.8. The Bertz CT molecular complexity index is 1710. The van der Waals surface area contributed by atoms with Crippen LogP contribution in [0.25, 0.3) is 10.9 Å². The lowest BCUT2D eigenvalue weighted by molar-refractivity contribution is -0.151. The van der Waals surface area contributed by atoms with E-state index in [0.29, 0.717) is 35.8 Å². The first-order valence-electron chi connectivity index (χ1n) is 15.6. The summed E-state index contributed by atoms with van der Waals surface area (Å²) in [6.45, 7) is 5.02. The van der Waals surface area contributed by atoms with Gasteiger partial charge in [0.15, 0.2) is 5.82 Å². The topological polar surface area (TPSA) is 133 Å². The first-order chi connectivity index (χ1) is 20.7. The van der Waals surface area contributed by atoms with Crippen molar-refractivity contribution < 1.29 is 14.3 Å². The van der Waals surface area contributed by atoms with Crippen LogP contribution in [0, 0.1) is 28.6 Å². The Balaban J connectivity index is 1.09. The lowest BCUT2D eigenvalue weighted by atomic mass is 9.85. The van der Waals surface area contributed by atoms with E-state index < -0.39 is 5.41 Å². The van der Waals surface area contributed by atoms with E-state index in [1.807, 2.05) is 47.7 Å². The molecule has 0 radical (unpaired) electrons. The summed E-state index contributed by atoms with van der Waals surface area (Å²) in [6.07, 6.45) is 9.23. The van der Waals surface area contributed by atoms with E-state index in [4.69, 9.17) is 9.84 Å². The van der Waals surface area contributed by atoms with Crippen LogP contribution in [0.5, 0.6) is 0 Å². The van der Waals surface area contributed by atoms with E-state index in [9.17, 15) is 19.6 Å². The standard InChI is InChI=1S/C33H38N6O4/c1-20(2)17-43-31(42)21-5-8-24(9-6-21)38-16-22-15-23(7-10-25(22)30(38)41)36-28-27-26(11-14-35-29(27)40)39(37-28)33-13-4-3-12-32(33,18-33)19-34/h7,10-11,14-15,20-21,24H,3-6,8-9,12-13,16-18H2,1-2H3,(H,35,40)(H,36,37). The number of amides is 1. The second kappa shape index (κ2) is 10.2. The molecule has 0 saturated heterocycles. The number of nitrogens with zero attached hydrogens (tertiary/aromatic N) is 4. The van der Waals surface area contributed by atoms with Crippen molar-refractivity contribution >= 4 is 34.3 Å². The molecule has 2 aromatic heterocycles. The lowest BCUT2D eigenvalue weighted by Gasteiger charge is -2.33. The number of aromatic nitrogens is 3. The molecule has 43 heavy (non-hydrogen) atoms. The SMILES string of the molecule is CC(C)COC(=O)C1CCC(N2Cc3cc(Nc4nn(C56CCCCC5(C#N)C6)c5cc[nH]c(=O)c45)ccc3C2=O)CC1. The number of H-pyrrole nitrogens is 1. The number of ether oxygens (including phenoxy) is 1. The van der Waals surface area contributed by atoms with Gasteiger partial charge < -0.3 is 19.9 Å². The third-order valence-electron chi connectivity index (χ3n) is 10.3. The van der Waals surface area contributed by atoms with Crippen LogP contribution >= 0.6 is 0 Å². The molecule has 1 aliphatic heterocycles. The number of nitriles is 1. The summed E-state index contributed by atoms with van der Waals surface area (Å²) >= 11 is 0. The fourth-order valence-electron chi connectivity index (χ4n) is 7.86. The number of aromatic amines is 1. The van der Waals surface area contributed by atoms with Crippen LogP contribution in [0.15, 0.2) is 35.3 Å². The Morgan fingerprint density at radius 3 is 2.74 bits per heavy atom. The molecule has 2 N–H and O–H groups in total. The van der Waals surface area contributed by atoms with Gasteiger partial charge in [-0.2, -0.15) is 10.4 Å². The second-order valence-corrected chi connectivity index (χ2v) is 13.4.